The Morgan fingerprint density at radius 1 is 1.10 bits per heavy atom. The first kappa shape index (κ1) is 16.5. The molecule has 1 aromatic heterocycles. The van der Waals surface area contributed by atoms with Gasteiger partial charge in [0.05, 0.1) is 7.11 Å². The lowest BCUT2D eigenvalue weighted by atomic mass is 9.82. The molecule has 0 aliphatic rings. The van der Waals surface area contributed by atoms with Crippen LogP contribution in [0.4, 0.5) is 11.9 Å². The number of ether oxygens (including phenoxy) is 1. The molecule has 0 aliphatic heterocycles. The van der Waals surface area contributed by atoms with Crippen molar-refractivity contribution in [3.05, 3.63) is 0 Å². The number of hydrogen-bond acceptors (Lipinski definition) is 6. The first-order valence-electron chi connectivity index (χ1n) is 7.14. The van der Waals surface area contributed by atoms with Gasteiger partial charge in [-0.3, -0.25) is 0 Å². The zero-order chi connectivity index (χ0) is 15.2. The van der Waals surface area contributed by atoms with Crippen LogP contribution in [0.1, 0.15) is 41.0 Å². The van der Waals surface area contributed by atoms with Gasteiger partial charge in [0.25, 0.3) is 0 Å². The van der Waals surface area contributed by atoms with E-state index in [0.717, 1.165) is 19.5 Å². The van der Waals surface area contributed by atoms with E-state index in [2.05, 4.69) is 60.2 Å². The Hall–Kier alpha value is -1.59. The van der Waals surface area contributed by atoms with Gasteiger partial charge in [-0.25, -0.2) is 0 Å². The number of nitrogens with one attached hydrogen (secondary N) is 2. The molecule has 0 saturated carbocycles. The molecule has 2 N–H and O–H groups in total. The number of hydrogen-bond donors (Lipinski definition) is 2. The van der Waals surface area contributed by atoms with Crippen LogP contribution in [0.2, 0.25) is 0 Å². The zero-order valence-corrected chi connectivity index (χ0v) is 13.4. The van der Waals surface area contributed by atoms with Crippen molar-refractivity contribution in [1.82, 2.24) is 15.0 Å². The van der Waals surface area contributed by atoms with E-state index in [4.69, 9.17) is 4.74 Å². The fourth-order valence-corrected chi connectivity index (χ4v) is 1.39. The van der Waals surface area contributed by atoms with E-state index in [1.807, 2.05) is 0 Å². The molecule has 1 rings (SSSR count). The van der Waals surface area contributed by atoms with Crippen molar-refractivity contribution in [3.63, 3.8) is 0 Å². The number of nitrogens with zero attached hydrogens (tertiary/aromatic N) is 3. The van der Waals surface area contributed by atoms with E-state index >= 15 is 0 Å². The summed E-state index contributed by atoms with van der Waals surface area (Å²) in [6.07, 6.45) is 1.01. The van der Waals surface area contributed by atoms with Gasteiger partial charge in [-0.15, -0.1) is 0 Å². The minimum absolute atomic E-state index is 0.243. The molecule has 6 nitrogen and oxygen atoms in total. The monoisotopic (exact) mass is 281 g/mol. The fourth-order valence-electron chi connectivity index (χ4n) is 1.39. The highest BCUT2D eigenvalue weighted by molar-refractivity contribution is 5.35. The lowest BCUT2D eigenvalue weighted by Crippen LogP contribution is -2.25. The van der Waals surface area contributed by atoms with Crippen molar-refractivity contribution in [3.8, 4) is 6.01 Å². The van der Waals surface area contributed by atoms with Crippen LogP contribution in [0.25, 0.3) is 0 Å². The summed E-state index contributed by atoms with van der Waals surface area (Å²) in [6, 6.07) is 0.324. The second kappa shape index (κ2) is 7.26. The van der Waals surface area contributed by atoms with Crippen molar-refractivity contribution in [2.75, 3.05) is 30.8 Å². The van der Waals surface area contributed by atoms with Gasteiger partial charge in [0.2, 0.25) is 11.9 Å². The van der Waals surface area contributed by atoms with E-state index in [1.165, 1.54) is 0 Å². The SMILES string of the molecule is CCCNc1nc(NCC(C)C(C)(C)C)nc(OC)n1. The van der Waals surface area contributed by atoms with Crippen LogP contribution in [0.15, 0.2) is 0 Å². The molecule has 20 heavy (non-hydrogen) atoms. The van der Waals surface area contributed by atoms with E-state index in [-0.39, 0.29) is 5.41 Å². The van der Waals surface area contributed by atoms with Crippen LogP contribution in [-0.4, -0.2) is 35.2 Å². The average Bonchev–Trinajstić information content (AvgIpc) is 2.41. The average molecular weight is 281 g/mol. The van der Waals surface area contributed by atoms with Crippen molar-refractivity contribution >= 4 is 11.9 Å². The van der Waals surface area contributed by atoms with Gasteiger partial charge in [-0.2, -0.15) is 15.0 Å². The highest BCUT2D eigenvalue weighted by Gasteiger charge is 2.20. The maximum absolute atomic E-state index is 5.11. The molecule has 0 spiro atoms. The maximum atomic E-state index is 5.11. The summed E-state index contributed by atoms with van der Waals surface area (Å²) in [5.74, 6) is 1.59. The normalized spacial score (nSPS) is 12.9. The predicted octanol–water partition coefficient (Wildman–Crippen LogP) is 2.80. The zero-order valence-electron chi connectivity index (χ0n) is 13.4. The summed E-state index contributed by atoms with van der Waals surface area (Å²) in [5, 5.41) is 6.41. The van der Waals surface area contributed by atoms with Gasteiger partial charge >= 0.3 is 6.01 Å². The molecule has 0 aromatic carbocycles. The molecule has 114 valence electrons. The van der Waals surface area contributed by atoms with Crippen LogP contribution in [-0.2, 0) is 0 Å². The van der Waals surface area contributed by atoms with Crippen molar-refractivity contribution < 1.29 is 4.74 Å². The summed E-state index contributed by atoms with van der Waals surface area (Å²) >= 11 is 0. The molecular weight excluding hydrogens is 254 g/mol. The highest BCUT2D eigenvalue weighted by Crippen LogP contribution is 2.25. The van der Waals surface area contributed by atoms with Gasteiger partial charge < -0.3 is 15.4 Å². The Labute approximate surface area is 121 Å². The maximum Gasteiger partial charge on any atom is 0.322 e. The van der Waals surface area contributed by atoms with Crippen LogP contribution in [0, 0.1) is 11.3 Å². The topological polar surface area (TPSA) is 72.0 Å². The molecule has 0 fully saturated rings. The number of methoxy groups -OCH3 is 1. The Morgan fingerprint density at radius 2 is 1.70 bits per heavy atom. The fraction of sp³-hybridized carbons (Fsp3) is 0.786. The first-order valence-corrected chi connectivity index (χ1v) is 7.14. The number of rotatable bonds is 7. The minimum atomic E-state index is 0.243. The van der Waals surface area contributed by atoms with Crippen LogP contribution < -0.4 is 15.4 Å². The van der Waals surface area contributed by atoms with Gasteiger partial charge in [0, 0.05) is 13.1 Å². The Morgan fingerprint density at radius 3 is 2.20 bits per heavy atom. The van der Waals surface area contributed by atoms with Gasteiger partial charge in [0.15, 0.2) is 0 Å². The van der Waals surface area contributed by atoms with Crippen molar-refractivity contribution in [2.24, 2.45) is 11.3 Å². The molecule has 0 amide bonds. The Kier molecular flexibility index (Phi) is 5.98. The second-order valence-corrected chi connectivity index (χ2v) is 6.04. The third kappa shape index (κ3) is 5.19. The van der Waals surface area contributed by atoms with Gasteiger partial charge in [0.1, 0.15) is 0 Å². The summed E-state index contributed by atoms with van der Waals surface area (Å²) in [6.45, 7) is 12.6. The summed E-state index contributed by atoms with van der Waals surface area (Å²) in [7, 11) is 1.56. The van der Waals surface area contributed by atoms with Crippen LogP contribution in [0.5, 0.6) is 6.01 Å². The van der Waals surface area contributed by atoms with Crippen LogP contribution in [0.3, 0.4) is 0 Å². The third-order valence-electron chi connectivity index (χ3n) is 3.38. The van der Waals surface area contributed by atoms with Gasteiger partial charge in [-0.05, 0) is 17.8 Å². The molecule has 1 atom stereocenters. The summed E-state index contributed by atoms with van der Waals surface area (Å²) in [4.78, 5) is 12.7. The lowest BCUT2D eigenvalue weighted by Gasteiger charge is -2.27. The molecule has 0 aliphatic carbocycles. The molecule has 1 aromatic rings. The van der Waals surface area contributed by atoms with Crippen molar-refractivity contribution in [2.45, 2.75) is 41.0 Å². The summed E-state index contributed by atoms with van der Waals surface area (Å²) < 4.78 is 5.11. The number of anilines is 2. The molecule has 1 unspecified atom stereocenters. The molecular formula is C14H27N5O. The molecule has 1 heterocycles. The Bertz CT molecular complexity index is 417. The lowest BCUT2D eigenvalue weighted by molar-refractivity contribution is 0.274. The predicted molar refractivity (Wildman–Crippen MR) is 82.3 cm³/mol. The Balaban J connectivity index is 2.73. The molecule has 6 heteroatoms. The van der Waals surface area contributed by atoms with E-state index < -0.39 is 0 Å². The second-order valence-electron chi connectivity index (χ2n) is 6.04. The molecule has 0 radical (unpaired) electrons. The summed E-state index contributed by atoms with van der Waals surface area (Å²) in [5.41, 5.74) is 0.243. The van der Waals surface area contributed by atoms with Crippen molar-refractivity contribution in [1.29, 1.82) is 0 Å². The quantitative estimate of drug-likeness (QED) is 0.800. The smallest absolute Gasteiger partial charge is 0.322 e. The minimum Gasteiger partial charge on any atom is -0.467 e. The van der Waals surface area contributed by atoms with E-state index in [9.17, 15) is 0 Å². The highest BCUT2D eigenvalue weighted by atomic mass is 16.5. The standard InChI is InChI=1S/C14H27N5O/c1-7-8-15-11-17-12(19-13(18-11)20-6)16-9-10(2)14(3,4)5/h10H,7-9H2,1-6H3,(H2,15,16,17,18,19). The van der Waals surface area contributed by atoms with Gasteiger partial charge in [-0.1, -0.05) is 34.6 Å². The van der Waals surface area contributed by atoms with E-state index in [0.29, 0.717) is 23.8 Å². The van der Waals surface area contributed by atoms with Crippen LogP contribution >= 0.6 is 0 Å². The number of aromatic nitrogens is 3. The first-order chi connectivity index (χ1) is 9.36. The molecule has 0 saturated heterocycles. The van der Waals surface area contributed by atoms with E-state index in [1.54, 1.807) is 7.11 Å². The third-order valence-corrected chi connectivity index (χ3v) is 3.38. The molecule has 0 bridgehead atoms. The largest absolute Gasteiger partial charge is 0.467 e.